The molecule has 0 radical (unpaired) electrons. The number of pyridine rings is 2. The summed E-state index contributed by atoms with van der Waals surface area (Å²) < 4.78 is 0. The molecule has 120 valence electrons. The topological polar surface area (TPSA) is 83.4 Å². The van der Waals surface area contributed by atoms with Crippen molar-refractivity contribution in [3.8, 4) is 0 Å². The van der Waals surface area contributed by atoms with Crippen LogP contribution in [0.5, 0.6) is 0 Å². The summed E-state index contributed by atoms with van der Waals surface area (Å²) in [5, 5.41) is 9.65. The number of carbonyl (C=O) groups excluding carboxylic acids is 1. The van der Waals surface area contributed by atoms with Crippen LogP contribution >= 0.6 is 0 Å². The number of aliphatic carboxylic acids is 1. The Labute approximate surface area is 134 Å². The number of carbonyl (C=O) groups is 2. The lowest BCUT2D eigenvalue weighted by Crippen LogP contribution is -2.44. The maximum atomic E-state index is 13.0. The summed E-state index contributed by atoms with van der Waals surface area (Å²) in [7, 11) is 0. The van der Waals surface area contributed by atoms with E-state index in [4.69, 9.17) is 5.11 Å². The van der Waals surface area contributed by atoms with Crippen LogP contribution in [0.2, 0.25) is 0 Å². The largest absolute Gasteiger partial charge is 0.481 e. The summed E-state index contributed by atoms with van der Waals surface area (Å²) in [4.78, 5) is 34.0. The molecule has 1 fully saturated rings. The van der Waals surface area contributed by atoms with Gasteiger partial charge in [-0.05, 0) is 37.8 Å². The number of rotatable bonds is 4. The lowest BCUT2D eigenvalue weighted by atomic mass is 9.96. The van der Waals surface area contributed by atoms with Crippen molar-refractivity contribution in [2.45, 2.75) is 38.1 Å². The van der Waals surface area contributed by atoms with Gasteiger partial charge in [0.05, 0.1) is 11.1 Å². The van der Waals surface area contributed by atoms with Crippen LogP contribution in [0.3, 0.4) is 0 Å². The van der Waals surface area contributed by atoms with E-state index < -0.39 is 5.97 Å². The molecule has 0 spiro atoms. The van der Waals surface area contributed by atoms with Crippen LogP contribution in [0, 0.1) is 0 Å². The molecule has 1 unspecified atom stereocenters. The number of hydrogen-bond donors (Lipinski definition) is 1. The van der Waals surface area contributed by atoms with Crippen molar-refractivity contribution in [3.05, 3.63) is 36.3 Å². The standard InChI is InChI=1S/C17H19N3O3/c21-16(22)5-4-12-3-1-2-10-20(12)17(23)13-6-9-19-15-7-8-18-11-14(13)15/h6-9,11-12H,1-5,10H2,(H,21,22). The molecular weight excluding hydrogens is 294 g/mol. The third-order valence-electron chi connectivity index (χ3n) is 4.35. The Morgan fingerprint density at radius 3 is 2.96 bits per heavy atom. The highest BCUT2D eigenvalue weighted by Crippen LogP contribution is 2.25. The van der Waals surface area contributed by atoms with Crippen LogP contribution in [0.25, 0.3) is 10.9 Å². The van der Waals surface area contributed by atoms with Gasteiger partial charge < -0.3 is 10.0 Å². The van der Waals surface area contributed by atoms with Crippen molar-refractivity contribution in [2.24, 2.45) is 0 Å². The number of fused-ring (bicyclic) bond motifs is 1. The number of carboxylic acid groups (broad SMARTS) is 1. The first-order valence-corrected chi connectivity index (χ1v) is 7.88. The molecule has 1 aliphatic heterocycles. The Morgan fingerprint density at radius 1 is 1.26 bits per heavy atom. The third kappa shape index (κ3) is 3.31. The Balaban J connectivity index is 1.88. The Morgan fingerprint density at radius 2 is 2.13 bits per heavy atom. The lowest BCUT2D eigenvalue weighted by Gasteiger charge is -2.36. The summed E-state index contributed by atoms with van der Waals surface area (Å²) in [6.45, 7) is 0.674. The van der Waals surface area contributed by atoms with E-state index in [1.807, 2.05) is 4.90 Å². The number of amides is 1. The van der Waals surface area contributed by atoms with Gasteiger partial charge in [-0.25, -0.2) is 0 Å². The van der Waals surface area contributed by atoms with E-state index in [2.05, 4.69) is 9.97 Å². The maximum absolute atomic E-state index is 13.0. The van der Waals surface area contributed by atoms with Crippen LogP contribution in [0.15, 0.2) is 30.7 Å². The summed E-state index contributed by atoms with van der Waals surface area (Å²) in [5.74, 6) is -0.873. The zero-order chi connectivity index (χ0) is 16.2. The molecular formula is C17H19N3O3. The van der Waals surface area contributed by atoms with Gasteiger partial charge in [-0.15, -0.1) is 0 Å². The Hall–Kier alpha value is -2.50. The SMILES string of the molecule is O=C(O)CCC1CCCCN1C(=O)c1ccnc2ccncc12. The van der Waals surface area contributed by atoms with Gasteiger partial charge in [0.25, 0.3) is 5.91 Å². The fourth-order valence-corrected chi connectivity index (χ4v) is 3.19. The minimum absolute atomic E-state index is 0.00719. The van der Waals surface area contributed by atoms with E-state index >= 15 is 0 Å². The molecule has 0 aliphatic carbocycles. The number of carboxylic acids is 1. The van der Waals surface area contributed by atoms with E-state index in [1.54, 1.807) is 30.7 Å². The molecule has 0 saturated carbocycles. The molecule has 2 aromatic rings. The van der Waals surface area contributed by atoms with Gasteiger partial charge in [-0.2, -0.15) is 0 Å². The number of piperidine rings is 1. The van der Waals surface area contributed by atoms with Crippen molar-refractivity contribution >= 4 is 22.8 Å². The molecule has 1 aliphatic rings. The highest BCUT2D eigenvalue weighted by atomic mass is 16.4. The molecule has 0 bridgehead atoms. The molecule has 1 saturated heterocycles. The highest BCUT2D eigenvalue weighted by molar-refractivity contribution is 6.05. The molecule has 1 amide bonds. The average molecular weight is 313 g/mol. The summed E-state index contributed by atoms with van der Waals surface area (Å²) in [6.07, 6.45) is 8.39. The van der Waals surface area contributed by atoms with E-state index in [0.29, 0.717) is 18.5 Å². The Bertz CT molecular complexity index is 727. The van der Waals surface area contributed by atoms with Crippen LogP contribution in [-0.4, -0.2) is 44.4 Å². The molecule has 1 N–H and O–H groups in total. The third-order valence-corrected chi connectivity index (χ3v) is 4.35. The van der Waals surface area contributed by atoms with Gasteiger partial charge in [0.15, 0.2) is 0 Å². The van der Waals surface area contributed by atoms with Crippen LogP contribution < -0.4 is 0 Å². The van der Waals surface area contributed by atoms with Crippen molar-refractivity contribution in [1.29, 1.82) is 0 Å². The van der Waals surface area contributed by atoms with Crippen LogP contribution in [0.1, 0.15) is 42.5 Å². The fourth-order valence-electron chi connectivity index (χ4n) is 3.19. The minimum Gasteiger partial charge on any atom is -0.481 e. The average Bonchev–Trinajstić information content (AvgIpc) is 2.59. The van der Waals surface area contributed by atoms with Gasteiger partial charge in [-0.3, -0.25) is 19.6 Å². The monoisotopic (exact) mass is 313 g/mol. The summed E-state index contributed by atoms with van der Waals surface area (Å²) in [6, 6.07) is 3.49. The number of hydrogen-bond acceptors (Lipinski definition) is 4. The van der Waals surface area contributed by atoms with Crippen LogP contribution in [0.4, 0.5) is 0 Å². The van der Waals surface area contributed by atoms with Gasteiger partial charge in [0, 0.05) is 43.0 Å². The second-order valence-electron chi connectivity index (χ2n) is 5.83. The van der Waals surface area contributed by atoms with E-state index in [1.165, 1.54) is 0 Å². The zero-order valence-electron chi connectivity index (χ0n) is 12.8. The number of nitrogens with zero attached hydrogens (tertiary/aromatic N) is 3. The Kier molecular flexibility index (Phi) is 4.50. The van der Waals surface area contributed by atoms with Crippen molar-refractivity contribution in [1.82, 2.24) is 14.9 Å². The van der Waals surface area contributed by atoms with Gasteiger partial charge in [0.2, 0.25) is 0 Å². The first kappa shape index (κ1) is 15.4. The first-order chi connectivity index (χ1) is 11.2. The predicted octanol–water partition coefficient (Wildman–Crippen LogP) is 2.49. The zero-order valence-corrected chi connectivity index (χ0v) is 12.8. The quantitative estimate of drug-likeness (QED) is 0.937. The minimum atomic E-state index is -0.818. The van der Waals surface area contributed by atoms with E-state index in [-0.39, 0.29) is 18.4 Å². The molecule has 3 heterocycles. The summed E-state index contributed by atoms with van der Waals surface area (Å²) in [5.41, 5.74) is 1.33. The van der Waals surface area contributed by atoms with Gasteiger partial charge in [-0.1, -0.05) is 0 Å². The second kappa shape index (κ2) is 6.73. The van der Waals surface area contributed by atoms with E-state index in [9.17, 15) is 9.59 Å². The molecule has 6 heteroatoms. The maximum Gasteiger partial charge on any atom is 0.303 e. The molecule has 0 aromatic carbocycles. The van der Waals surface area contributed by atoms with Gasteiger partial charge >= 0.3 is 5.97 Å². The second-order valence-corrected chi connectivity index (χ2v) is 5.83. The number of aromatic nitrogens is 2. The molecule has 3 rings (SSSR count). The summed E-state index contributed by atoms with van der Waals surface area (Å²) >= 11 is 0. The molecule has 6 nitrogen and oxygen atoms in total. The normalized spacial score (nSPS) is 18.1. The fraction of sp³-hybridized carbons (Fsp3) is 0.412. The first-order valence-electron chi connectivity index (χ1n) is 7.88. The van der Waals surface area contributed by atoms with Crippen molar-refractivity contribution in [3.63, 3.8) is 0 Å². The molecule has 1 atom stereocenters. The highest BCUT2D eigenvalue weighted by Gasteiger charge is 2.28. The van der Waals surface area contributed by atoms with Crippen molar-refractivity contribution < 1.29 is 14.7 Å². The smallest absolute Gasteiger partial charge is 0.303 e. The van der Waals surface area contributed by atoms with Crippen molar-refractivity contribution in [2.75, 3.05) is 6.54 Å². The van der Waals surface area contributed by atoms with Crippen LogP contribution in [-0.2, 0) is 4.79 Å². The number of likely N-dealkylation sites (tertiary alicyclic amines) is 1. The molecule has 2 aromatic heterocycles. The molecule has 23 heavy (non-hydrogen) atoms. The van der Waals surface area contributed by atoms with E-state index in [0.717, 1.165) is 30.2 Å². The van der Waals surface area contributed by atoms with Gasteiger partial charge in [0.1, 0.15) is 0 Å². The predicted molar refractivity (Wildman–Crippen MR) is 85.1 cm³/mol. The lowest BCUT2D eigenvalue weighted by molar-refractivity contribution is -0.137.